The van der Waals surface area contributed by atoms with Gasteiger partial charge in [-0.15, -0.1) is 0 Å². The van der Waals surface area contributed by atoms with Crippen molar-refractivity contribution < 1.29 is 0 Å². The average Bonchev–Trinajstić information content (AvgIpc) is 2.41. The largest absolute Gasteiger partial charge is 0.370 e. The molecule has 102 valence electrons. The Labute approximate surface area is 123 Å². The second-order valence-electron chi connectivity index (χ2n) is 4.94. The molecular weight excluding hydrogens is 300 g/mol. The number of nitrogens with zero attached hydrogens (tertiary/aromatic N) is 1. The predicted octanol–water partition coefficient (Wildman–Crippen LogP) is 5.08. The van der Waals surface area contributed by atoms with Crippen molar-refractivity contribution in [3.8, 4) is 0 Å². The van der Waals surface area contributed by atoms with Crippen molar-refractivity contribution in [2.24, 2.45) is 0 Å². The summed E-state index contributed by atoms with van der Waals surface area (Å²) in [5.41, 5.74) is 3.60. The van der Waals surface area contributed by atoms with Gasteiger partial charge in [0.15, 0.2) is 0 Å². The minimum absolute atomic E-state index is 0.971. The molecule has 0 unspecified atom stereocenters. The first kappa shape index (κ1) is 14.3. The van der Waals surface area contributed by atoms with Crippen molar-refractivity contribution in [1.82, 2.24) is 4.98 Å². The van der Waals surface area contributed by atoms with Gasteiger partial charge < -0.3 is 5.32 Å². The Balaban J connectivity index is 2.55. The Hall–Kier alpha value is -1.09. The van der Waals surface area contributed by atoms with Gasteiger partial charge in [-0.2, -0.15) is 0 Å². The van der Waals surface area contributed by atoms with E-state index in [1.807, 2.05) is 0 Å². The molecule has 0 radical (unpaired) electrons. The van der Waals surface area contributed by atoms with E-state index in [2.05, 4.69) is 60.2 Å². The minimum Gasteiger partial charge on any atom is -0.370 e. The molecule has 0 amide bonds. The van der Waals surface area contributed by atoms with Crippen molar-refractivity contribution in [2.45, 2.75) is 40.0 Å². The summed E-state index contributed by atoms with van der Waals surface area (Å²) in [4.78, 5) is 4.83. The molecule has 1 aromatic carbocycles. The molecule has 0 saturated heterocycles. The number of rotatable bonds is 5. The number of anilines is 1. The molecule has 2 rings (SSSR count). The molecule has 0 fully saturated rings. The number of benzene rings is 1. The van der Waals surface area contributed by atoms with E-state index in [4.69, 9.17) is 4.98 Å². The van der Waals surface area contributed by atoms with E-state index in [-0.39, 0.29) is 0 Å². The molecule has 3 heteroatoms. The summed E-state index contributed by atoms with van der Waals surface area (Å²) in [5, 5.41) is 4.67. The molecule has 1 aromatic heterocycles. The van der Waals surface area contributed by atoms with Crippen molar-refractivity contribution >= 4 is 32.7 Å². The number of aromatic nitrogens is 1. The number of nitrogens with one attached hydrogen (secondary N) is 1. The zero-order valence-electron chi connectivity index (χ0n) is 11.9. The number of hydrogen-bond donors (Lipinski definition) is 1. The summed E-state index contributed by atoms with van der Waals surface area (Å²) < 4.78 is 1.10. The molecule has 19 heavy (non-hydrogen) atoms. The quantitative estimate of drug-likeness (QED) is 0.830. The summed E-state index contributed by atoms with van der Waals surface area (Å²) in [6.45, 7) is 7.45. The van der Waals surface area contributed by atoms with E-state index in [9.17, 15) is 0 Å². The third-order valence-electron chi connectivity index (χ3n) is 3.26. The van der Waals surface area contributed by atoms with Gasteiger partial charge in [0, 0.05) is 16.4 Å². The van der Waals surface area contributed by atoms with Crippen molar-refractivity contribution in [3.63, 3.8) is 0 Å². The molecule has 0 spiro atoms. The number of fused-ring (bicyclic) bond motifs is 1. The molecule has 0 atom stereocenters. The van der Waals surface area contributed by atoms with Crippen molar-refractivity contribution in [1.29, 1.82) is 0 Å². The maximum absolute atomic E-state index is 4.83. The van der Waals surface area contributed by atoms with Gasteiger partial charge in [0.05, 0.1) is 5.52 Å². The van der Waals surface area contributed by atoms with Crippen LogP contribution < -0.4 is 5.32 Å². The second-order valence-corrected chi connectivity index (χ2v) is 5.73. The minimum atomic E-state index is 0.971. The molecule has 2 aromatic rings. The highest BCUT2D eigenvalue weighted by atomic mass is 79.9. The van der Waals surface area contributed by atoms with Crippen LogP contribution in [0.3, 0.4) is 0 Å². The van der Waals surface area contributed by atoms with E-state index in [1.54, 1.807) is 0 Å². The fourth-order valence-electron chi connectivity index (χ4n) is 2.21. The topological polar surface area (TPSA) is 24.9 Å². The van der Waals surface area contributed by atoms with Crippen LogP contribution in [0.1, 0.15) is 37.8 Å². The van der Waals surface area contributed by atoms with E-state index in [1.165, 1.54) is 16.5 Å². The predicted molar refractivity (Wildman–Crippen MR) is 87.0 cm³/mol. The molecule has 0 saturated carbocycles. The summed E-state index contributed by atoms with van der Waals surface area (Å²) in [6, 6.07) is 6.57. The highest BCUT2D eigenvalue weighted by Crippen LogP contribution is 2.29. The van der Waals surface area contributed by atoms with Crippen LogP contribution in [0.25, 0.3) is 10.9 Å². The monoisotopic (exact) mass is 320 g/mol. The molecule has 2 nitrogen and oxygen atoms in total. The Kier molecular flexibility index (Phi) is 4.81. The number of aryl methyl sites for hydroxylation is 2. The molecule has 0 aliphatic heterocycles. The van der Waals surface area contributed by atoms with E-state index < -0.39 is 0 Å². The van der Waals surface area contributed by atoms with Crippen LogP contribution in [0.2, 0.25) is 0 Å². The first-order chi connectivity index (χ1) is 9.17. The SMILES string of the molecule is CCCNc1nc2c(Br)c(C)ccc2cc1CCC. The van der Waals surface area contributed by atoms with Crippen LogP contribution >= 0.6 is 15.9 Å². The van der Waals surface area contributed by atoms with E-state index >= 15 is 0 Å². The van der Waals surface area contributed by atoms with Gasteiger partial charge in [-0.05, 0) is 52.9 Å². The van der Waals surface area contributed by atoms with Crippen LogP contribution in [-0.2, 0) is 6.42 Å². The highest BCUT2D eigenvalue weighted by molar-refractivity contribution is 9.10. The van der Waals surface area contributed by atoms with Crippen LogP contribution in [0.4, 0.5) is 5.82 Å². The van der Waals surface area contributed by atoms with Gasteiger partial charge in [-0.25, -0.2) is 4.98 Å². The zero-order valence-corrected chi connectivity index (χ0v) is 13.5. The Morgan fingerprint density at radius 3 is 2.68 bits per heavy atom. The zero-order chi connectivity index (χ0) is 13.8. The van der Waals surface area contributed by atoms with Gasteiger partial charge in [0.25, 0.3) is 0 Å². The lowest BCUT2D eigenvalue weighted by Crippen LogP contribution is -2.06. The van der Waals surface area contributed by atoms with Gasteiger partial charge >= 0.3 is 0 Å². The highest BCUT2D eigenvalue weighted by Gasteiger charge is 2.09. The maximum Gasteiger partial charge on any atom is 0.129 e. The summed E-state index contributed by atoms with van der Waals surface area (Å²) in [6.07, 6.45) is 3.32. The van der Waals surface area contributed by atoms with Crippen LogP contribution in [0.15, 0.2) is 22.7 Å². The molecule has 0 aliphatic rings. The summed E-state index contributed by atoms with van der Waals surface area (Å²) in [5.74, 6) is 1.04. The fraction of sp³-hybridized carbons (Fsp3) is 0.438. The normalized spacial score (nSPS) is 10.9. The lowest BCUT2D eigenvalue weighted by atomic mass is 10.1. The van der Waals surface area contributed by atoms with Crippen LogP contribution in [0, 0.1) is 6.92 Å². The second kappa shape index (κ2) is 6.38. The van der Waals surface area contributed by atoms with Crippen molar-refractivity contribution in [2.75, 3.05) is 11.9 Å². The number of hydrogen-bond acceptors (Lipinski definition) is 2. The van der Waals surface area contributed by atoms with Gasteiger partial charge in [0.1, 0.15) is 5.82 Å². The average molecular weight is 321 g/mol. The van der Waals surface area contributed by atoms with Gasteiger partial charge in [-0.3, -0.25) is 0 Å². The van der Waals surface area contributed by atoms with Crippen LogP contribution in [0.5, 0.6) is 0 Å². The lowest BCUT2D eigenvalue weighted by Gasteiger charge is -2.13. The van der Waals surface area contributed by atoms with Crippen molar-refractivity contribution in [3.05, 3.63) is 33.8 Å². The molecule has 1 N–H and O–H groups in total. The van der Waals surface area contributed by atoms with E-state index in [0.717, 1.165) is 41.6 Å². The van der Waals surface area contributed by atoms with Gasteiger partial charge in [-0.1, -0.05) is 32.4 Å². The smallest absolute Gasteiger partial charge is 0.129 e. The third-order valence-corrected chi connectivity index (χ3v) is 4.26. The summed E-state index contributed by atoms with van der Waals surface area (Å²) in [7, 11) is 0. The first-order valence-electron chi connectivity index (χ1n) is 7.00. The van der Waals surface area contributed by atoms with Gasteiger partial charge in [0.2, 0.25) is 0 Å². The summed E-state index contributed by atoms with van der Waals surface area (Å²) >= 11 is 3.66. The maximum atomic E-state index is 4.83. The van der Waals surface area contributed by atoms with E-state index in [0.29, 0.717) is 0 Å². The Bertz CT molecular complexity index is 578. The standard InChI is InChI=1S/C16H21BrN2/c1-4-6-13-10-12-8-7-11(3)14(17)15(12)19-16(13)18-9-5-2/h7-8,10H,4-6,9H2,1-3H3,(H,18,19). The lowest BCUT2D eigenvalue weighted by molar-refractivity contribution is 0.906. The fourth-order valence-corrected chi connectivity index (χ4v) is 2.66. The molecule has 1 heterocycles. The first-order valence-corrected chi connectivity index (χ1v) is 7.79. The molecule has 0 aliphatic carbocycles. The molecular formula is C16H21BrN2. The third kappa shape index (κ3) is 3.08. The Morgan fingerprint density at radius 2 is 2.00 bits per heavy atom. The Morgan fingerprint density at radius 1 is 1.21 bits per heavy atom. The molecule has 0 bridgehead atoms. The van der Waals surface area contributed by atoms with Crippen LogP contribution in [-0.4, -0.2) is 11.5 Å². The number of halogens is 1. The number of pyridine rings is 1.